The maximum absolute atomic E-state index is 12.8. The molecule has 0 saturated heterocycles. The minimum atomic E-state index is -4.42. The quantitative estimate of drug-likeness (QED) is 0.166. The first-order valence-corrected chi connectivity index (χ1v) is 11.2. The van der Waals surface area contributed by atoms with E-state index in [0.717, 1.165) is 18.4 Å². The Kier molecular flexibility index (Phi) is 13.3. The molecule has 12 heteroatoms. The zero-order valence-electron chi connectivity index (χ0n) is 17.3. The predicted octanol–water partition coefficient (Wildman–Crippen LogP) is 2.98. The number of sulfonamides is 1. The first-order chi connectivity index (χ1) is 13.5. The van der Waals surface area contributed by atoms with Gasteiger partial charge in [-0.25, -0.2) is 18.1 Å². The summed E-state index contributed by atoms with van der Waals surface area (Å²) in [5, 5.41) is 6.14. The molecule has 0 bridgehead atoms. The number of alkyl halides is 3. The number of benzene rings is 1. The molecule has 174 valence electrons. The van der Waals surface area contributed by atoms with Crippen molar-refractivity contribution >= 4 is 40.0 Å². The van der Waals surface area contributed by atoms with Gasteiger partial charge in [-0.3, -0.25) is 0 Å². The Bertz CT molecular complexity index is 761. The normalized spacial score (nSPS) is 13.3. The SMILES string of the molecule is CCNC(=NCC(CC)Oc1cccc(C(F)(F)F)c1)NCCCNS(C)(=O)=O.I. The number of halogens is 4. The number of ether oxygens (including phenoxy) is 1. The van der Waals surface area contributed by atoms with Crippen LogP contribution in [0.5, 0.6) is 5.75 Å². The molecule has 1 aromatic rings. The first kappa shape index (κ1) is 28.7. The van der Waals surface area contributed by atoms with E-state index in [1.54, 1.807) is 0 Å². The summed E-state index contributed by atoms with van der Waals surface area (Å²) >= 11 is 0. The van der Waals surface area contributed by atoms with Crippen LogP contribution in [0.1, 0.15) is 32.3 Å². The molecule has 0 aromatic heterocycles. The average molecular weight is 566 g/mol. The monoisotopic (exact) mass is 566 g/mol. The standard InChI is InChI=1S/C18H29F3N4O3S.HI/c1-4-15(28-16-9-6-8-14(12-16)18(19,20)21)13-24-17(22-5-2)23-10-7-11-25-29(3,26)27;/h6,8-9,12,15,25H,4-5,7,10-11,13H2,1-3H3,(H2,22,23,24);1H. The summed E-state index contributed by atoms with van der Waals surface area (Å²) in [7, 11) is -3.21. The third kappa shape index (κ3) is 12.4. The van der Waals surface area contributed by atoms with Gasteiger partial charge in [0.25, 0.3) is 0 Å². The summed E-state index contributed by atoms with van der Waals surface area (Å²) in [6, 6.07) is 4.77. The lowest BCUT2D eigenvalue weighted by atomic mass is 10.2. The van der Waals surface area contributed by atoms with Crippen molar-refractivity contribution in [3.05, 3.63) is 29.8 Å². The van der Waals surface area contributed by atoms with Gasteiger partial charge in [-0.15, -0.1) is 24.0 Å². The summed E-state index contributed by atoms with van der Waals surface area (Å²) in [5.74, 6) is 0.671. The molecule has 0 amide bonds. The Morgan fingerprint density at radius 1 is 1.20 bits per heavy atom. The van der Waals surface area contributed by atoms with E-state index < -0.39 is 21.8 Å². The van der Waals surface area contributed by atoms with Gasteiger partial charge < -0.3 is 15.4 Å². The summed E-state index contributed by atoms with van der Waals surface area (Å²) in [6.07, 6.45) is -2.58. The molecule has 0 aliphatic heterocycles. The fourth-order valence-electron chi connectivity index (χ4n) is 2.28. The Hall–Kier alpha value is -1.28. The van der Waals surface area contributed by atoms with E-state index >= 15 is 0 Å². The van der Waals surface area contributed by atoms with Gasteiger partial charge in [0, 0.05) is 19.6 Å². The lowest BCUT2D eigenvalue weighted by molar-refractivity contribution is -0.137. The van der Waals surface area contributed by atoms with Crippen LogP contribution in [0.3, 0.4) is 0 Å². The molecule has 0 heterocycles. The fourth-order valence-corrected chi connectivity index (χ4v) is 2.79. The highest BCUT2D eigenvalue weighted by Gasteiger charge is 2.30. The molecule has 1 rings (SSSR count). The van der Waals surface area contributed by atoms with Crippen LogP contribution >= 0.6 is 24.0 Å². The van der Waals surface area contributed by atoms with Crippen LogP contribution in [-0.2, 0) is 16.2 Å². The van der Waals surface area contributed by atoms with E-state index in [-0.39, 0.29) is 42.4 Å². The van der Waals surface area contributed by atoms with Crippen molar-refractivity contribution in [2.45, 2.75) is 39.0 Å². The molecule has 0 aliphatic carbocycles. The molecular weight excluding hydrogens is 536 g/mol. The highest BCUT2D eigenvalue weighted by molar-refractivity contribution is 14.0. The van der Waals surface area contributed by atoms with E-state index in [4.69, 9.17) is 4.74 Å². The Morgan fingerprint density at radius 2 is 1.90 bits per heavy atom. The van der Waals surface area contributed by atoms with Gasteiger partial charge in [-0.2, -0.15) is 13.2 Å². The summed E-state index contributed by atoms with van der Waals surface area (Å²) in [4.78, 5) is 4.41. The van der Waals surface area contributed by atoms with Crippen molar-refractivity contribution in [2.75, 3.05) is 32.4 Å². The minimum absolute atomic E-state index is 0. The number of rotatable bonds is 11. The van der Waals surface area contributed by atoms with Crippen molar-refractivity contribution in [2.24, 2.45) is 4.99 Å². The molecule has 0 spiro atoms. The molecule has 1 unspecified atom stereocenters. The molecule has 1 aromatic carbocycles. The summed E-state index contributed by atoms with van der Waals surface area (Å²) in [6.45, 7) is 5.45. The number of hydrogen-bond donors (Lipinski definition) is 3. The largest absolute Gasteiger partial charge is 0.488 e. The summed E-state index contributed by atoms with van der Waals surface area (Å²) < 4.78 is 68.6. The van der Waals surface area contributed by atoms with Crippen molar-refractivity contribution in [1.82, 2.24) is 15.4 Å². The molecule has 30 heavy (non-hydrogen) atoms. The Morgan fingerprint density at radius 3 is 2.47 bits per heavy atom. The van der Waals surface area contributed by atoms with Gasteiger partial charge >= 0.3 is 6.18 Å². The van der Waals surface area contributed by atoms with E-state index in [1.165, 1.54) is 12.1 Å². The Balaban J connectivity index is 0.00000841. The third-order valence-electron chi connectivity index (χ3n) is 3.73. The average Bonchev–Trinajstić information content (AvgIpc) is 2.63. The first-order valence-electron chi connectivity index (χ1n) is 9.36. The molecule has 0 saturated carbocycles. The van der Waals surface area contributed by atoms with Crippen LogP contribution in [0.2, 0.25) is 0 Å². The maximum atomic E-state index is 12.8. The van der Waals surface area contributed by atoms with Gasteiger partial charge in [0.1, 0.15) is 11.9 Å². The van der Waals surface area contributed by atoms with Crippen molar-refractivity contribution < 1.29 is 26.3 Å². The minimum Gasteiger partial charge on any atom is -0.488 e. The number of nitrogens with one attached hydrogen (secondary N) is 3. The Labute approximate surface area is 193 Å². The molecule has 1 atom stereocenters. The van der Waals surface area contributed by atoms with E-state index in [0.29, 0.717) is 38.4 Å². The molecule has 0 fully saturated rings. The van der Waals surface area contributed by atoms with Gasteiger partial charge in [0.15, 0.2) is 5.96 Å². The molecule has 0 radical (unpaired) electrons. The number of nitrogens with zero attached hydrogens (tertiary/aromatic N) is 1. The fraction of sp³-hybridized carbons (Fsp3) is 0.611. The van der Waals surface area contributed by atoms with Crippen LogP contribution in [0.25, 0.3) is 0 Å². The second-order valence-electron chi connectivity index (χ2n) is 6.34. The van der Waals surface area contributed by atoms with Crippen molar-refractivity contribution in [1.29, 1.82) is 0 Å². The second-order valence-corrected chi connectivity index (χ2v) is 8.17. The highest BCUT2D eigenvalue weighted by atomic mass is 127. The third-order valence-corrected chi connectivity index (χ3v) is 4.46. The predicted molar refractivity (Wildman–Crippen MR) is 123 cm³/mol. The van der Waals surface area contributed by atoms with E-state index in [9.17, 15) is 21.6 Å². The molecule has 0 aliphatic rings. The molecule has 7 nitrogen and oxygen atoms in total. The van der Waals surface area contributed by atoms with Crippen LogP contribution in [0, 0.1) is 0 Å². The van der Waals surface area contributed by atoms with Crippen LogP contribution in [-0.4, -0.2) is 52.9 Å². The molecule has 3 N–H and O–H groups in total. The number of hydrogen-bond acceptors (Lipinski definition) is 4. The topological polar surface area (TPSA) is 91.8 Å². The zero-order valence-corrected chi connectivity index (χ0v) is 20.4. The number of aliphatic imine (C=N–C) groups is 1. The van der Waals surface area contributed by atoms with Crippen LogP contribution < -0.4 is 20.1 Å². The van der Waals surface area contributed by atoms with E-state index in [1.807, 2.05) is 13.8 Å². The number of guanidine groups is 1. The molecular formula is C18H30F3IN4O3S. The summed E-state index contributed by atoms with van der Waals surface area (Å²) in [5.41, 5.74) is -0.758. The van der Waals surface area contributed by atoms with Gasteiger partial charge in [0.2, 0.25) is 10.0 Å². The highest BCUT2D eigenvalue weighted by Crippen LogP contribution is 2.31. The van der Waals surface area contributed by atoms with Gasteiger partial charge in [-0.05, 0) is 38.0 Å². The van der Waals surface area contributed by atoms with Crippen molar-refractivity contribution in [3.8, 4) is 5.75 Å². The maximum Gasteiger partial charge on any atom is 0.416 e. The zero-order chi connectivity index (χ0) is 21.9. The lowest BCUT2D eigenvalue weighted by Gasteiger charge is -2.18. The smallest absolute Gasteiger partial charge is 0.416 e. The van der Waals surface area contributed by atoms with Crippen LogP contribution in [0.4, 0.5) is 13.2 Å². The van der Waals surface area contributed by atoms with Gasteiger partial charge in [0.05, 0.1) is 18.4 Å². The van der Waals surface area contributed by atoms with Crippen LogP contribution in [0.15, 0.2) is 29.3 Å². The van der Waals surface area contributed by atoms with Gasteiger partial charge in [-0.1, -0.05) is 13.0 Å². The van der Waals surface area contributed by atoms with Crippen molar-refractivity contribution in [3.63, 3.8) is 0 Å². The second kappa shape index (κ2) is 13.9. The lowest BCUT2D eigenvalue weighted by Crippen LogP contribution is -2.39. The van der Waals surface area contributed by atoms with E-state index in [2.05, 4.69) is 20.3 Å².